The molecule has 0 spiro atoms. The van der Waals surface area contributed by atoms with E-state index in [1.165, 1.54) is 0 Å². The van der Waals surface area contributed by atoms with Gasteiger partial charge in [-0.15, -0.1) is 0 Å². The number of benzene rings is 1. The molecule has 0 saturated heterocycles. The van der Waals surface area contributed by atoms with Crippen molar-refractivity contribution in [3.8, 4) is 0 Å². The standard InChI is InChI=1S/C11H10ClNO/c1-8(14)7-13-6-5-9-3-2-4-10(12)11(9)13/h2-6H,7H2,1H3. The van der Waals surface area contributed by atoms with E-state index in [1.54, 1.807) is 6.92 Å². The van der Waals surface area contributed by atoms with E-state index in [4.69, 9.17) is 11.6 Å². The first-order valence-electron chi connectivity index (χ1n) is 4.41. The molecule has 0 aliphatic carbocycles. The quantitative estimate of drug-likeness (QED) is 0.742. The van der Waals surface area contributed by atoms with Gasteiger partial charge >= 0.3 is 0 Å². The number of rotatable bonds is 2. The molecule has 0 N–H and O–H groups in total. The van der Waals surface area contributed by atoms with Crippen LogP contribution in [0.5, 0.6) is 0 Å². The highest BCUT2D eigenvalue weighted by molar-refractivity contribution is 6.35. The Morgan fingerprint density at radius 1 is 1.43 bits per heavy atom. The fourth-order valence-electron chi connectivity index (χ4n) is 1.59. The molecule has 2 aromatic rings. The lowest BCUT2D eigenvalue weighted by atomic mass is 10.2. The van der Waals surface area contributed by atoms with Crippen LogP contribution in [0.3, 0.4) is 0 Å². The van der Waals surface area contributed by atoms with Crippen LogP contribution in [0.25, 0.3) is 10.9 Å². The number of hydrogen-bond acceptors (Lipinski definition) is 1. The lowest BCUT2D eigenvalue weighted by Gasteiger charge is -2.03. The summed E-state index contributed by atoms with van der Waals surface area (Å²) in [6.07, 6.45) is 1.89. The molecule has 1 aromatic heterocycles. The van der Waals surface area contributed by atoms with Gasteiger partial charge in [0.1, 0.15) is 5.78 Å². The number of aromatic nitrogens is 1. The zero-order valence-electron chi connectivity index (χ0n) is 7.83. The molecule has 0 bridgehead atoms. The Morgan fingerprint density at radius 3 is 2.93 bits per heavy atom. The molecule has 0 unspecified atom stereocenters. The molecule has 0 amide bonds. The van der Waals surface area contributed by atoms with Crippen molar-refractivity contribution in [3.63, 3.8) is 0 Å². The summed E-state index contributed by atoms with van der Waals surface area (Å²) < 4.78 is 1.88. The maximum absolute atomic E-state index is 11.0. The van der Waals surface area contributed by atoms with E-state index in [2.05, 4.69) is 0 Å². The van der Waals surface area contributed by atoms with Crippen molar-refractivity contribution in [2.45, 2.75) is 13.5 Å². The summed E-state index contributed by atoms with van der Waals surface area (Å²) in [6.45, 7) is 1.95. The molecule has 0 aliphatic rings. The van der Waals surface area contributed by atoms with E-state index in [-0.39, 0.29) is 5.78 Å². The maximum Gasteiger partial charge on any atom is 0.149 e. The summed E-state index contributed by atoms with van der Waals surface area (Å²) in [7, 11) is 0. The van der Waals surface area contributed by atoms with Gasteiger partial charge < -0.3 is 4.57 Å². The third kappa shape index (κ3) is 1.53. The maximum atomic E-state index is 11.0. The molecule has 1 aromatic carbocycles. The predicted molar refractivity (Wildman–Crippen MR) is 57.6 cm³/mol. The average molecular weight is 208 g/mol. The summed E-state index contributed by atoms with van der Waals surface area (Å²) in [4.78, 5) is 11.0. The average Bonchev–Trinajstić information content (AvgIpc) is 2.49. The first-order valence-corrected chi connectivity index (χ1v) is 4.79. The molecule has 0 fully saturated rings. The van der Waals surface area contributed by atoms with Crippen molar-refractivity contribution in [1.29, 1.82) is 0 Å². The summed E-state index contributed by atoms with van der Waals surface area (Å²) in [5.74, 6) is 0.127. The number of carbonyl (C=O) groups excluding carboxylic acids is 1. The normalized spacial score (nSPS) is 10.7. The molecule has 0 radical (unpaired) electrons. The minimum Gasteiger partial charge on any atom is -0.339 e. The SMILES string of the molecule is CC(=O)Cn1ccc2cccc(Cl)c21. The smallest absolute Gasteiger partial charge is 0.149 e. The van der Waals surface area contributed by atoms with Crippen LogP contribution in [-0.4, -0.2) is 10.4 Å². The van der Waals surface area contributed by atoms with Gasteiger partial charge in [0, 0.05) is 11.6 Å². The third-order valence-corrected chi connectivity index (χ3v) is 2.44. The molecule has 14 heavy (non-hydrogen) atoms. The summed E-state index contributed by atoms with van der Waals surface area (Å²) in [5, 5.41) is 1.76. The van der Waals surface area contributed by atoms with Crippen LogP contribution in [0.4, 0.5) is 0 Å². The van der Waals surface area contributed by atoms with Crippen LogP contribution >= 0.6 is 11.6 Å². The number of para-hydroxylation sites is 1. The second kappa shape index (κ2) is 3.46. The van der Waals surface area contributed by atoms with E-state index >= 15 is 0 Å². The third-order valence-electron chi connectivity index (χ3n) is 2.13. The Balaban J connectivity index is 2.61. The summed E-state index contributed by atoms with van der Waals surface area (Å²) >= 11 is 6.05. The van der Waals surface area contributed by atoms with Gasteiger partial charge in [-0.05, 0) is 19.1 Å². The van der Waals surface area contributed by atoms with E-state index in [1.807, 2.05) is 35.0 Å². The molecule has 2 nitrogen and oxygen atoms in total. The van der Waals surface area contributed by atoms with E-state index < -0.39 is 0 Å². The molecule has 1 heterocycles. The predicted octanol–water partition coefficient (Wildman–Crippen LogP) is 2.88. The molecular weight excluding hydrogens is 198 g/mol. The lowest BCUT2D eigenvalue weighted by Crippen LogP contribution is -2.04. The number of carbonyl (C=O) groups is 1. The monoisotopic (exact) mass is 207 g/mol. The number of ketones is 1. The van der Waals surface area contributed by atoms with Crippen LogP contribution in [0, 0.1) is 0 Å². The highest BCUT2D eigenvalue weighted by atomic mass is 35.5. The van der Waals surface area contributed by atoms with E-state index in [0.29, 0.717) is 11.6 Å². The summed E-state index contributed by atoms with van der Waals surface area (Å²) in [6, 6.07) is 7.69. The minimum atomic E-state index is 0.127. The highest BCUT2D eigenvalue weighted by Gasteiger charge is 2.05. The molecule has 0 saturated carbocycles. The van der Waals surface area contributed by atoms with Gasteiger partial charge in [-0.2, -0.15) is 0 Å². The van der Waals surface area contributed by atoms with Gasteiger partial charge in [-0.25, -0.2) is 0 Å². The van der Waals surface area contributed by atoms with Gasteiger partial charge in [0.2, 0.25) is 0 Å². The molecule has 2 rings (SSSR count). The Hall–Kier alpha value is -1.28. The van der Waals surface area contributed by atoms with E-state index in [0.717, 1.165) is 10.9 Å². The molecule has 0 aliphatic heterocycles. The van der Waals surface area contributed by atoms with Gasteiger partial charge in [0.15, 0.2) is 0 Å². The number of Topliss-reactive ketones (excluding diaryl/α,β-unsaturated/α-hetero) is 1. The Bertz CT molecular complexity index is 487. The first-order chi connectivity index (χ1) is 6.68. The van der Waals surface area contributed by atoms with Crippen molar-refractivity contribution >= 4 is 28.3 Å². The molecule has 3 heteroatoms. The number of nitrogens with zero attached hydrogens (tertiary/aromatic N) is 1. The van der Waals surface area contributed by atoms with E-state index in [9.17, 15) is 4.79 Å². The largest absolute Gasteiger partial charge is 0.339 e. The second-order valence-corrected chi connectivity index (χ2v) is 3.73. The fourth-order valence-corrected chi connectivity index (χ4v) is 1.88. The van der Waals surface area contributed by atoms with Gasteiger partial charge in [0.05, 0.1) is 17.1 Å². The van der Waals surface area contributed by atoms with Crippen molar-refractivity contribution in [3.05, 3.63) is 35.5 Å². The molecule has 72 valence electrons. The number of halogens is 1. The van der Waals surface area contributed by atoms with Crippen LogP contribution < -0.4 is 0 Å². The fraction of sp³-hybridized carbons (Fsp3) is 0.182. The van der Waals surface area contributed by atoms with Gasteiger partial charge in [-0.1, -0.05) is 23.7 Å². The van der Waals surface area contributed by atoms with Crippen LogP contribution in [0.1, 0.15) is 6.92 Å². The van der Waals surface area contributed by atoms with Crippen molar-refractivity contribution < 1.29 is 4.79 Å². The Labute approximate surface area is 87.1 Å². The number of hydrogen-bond donors (Lipinski definition) is 0. The zero-order valence-corrected chi connectivity index (χ0v) is 8.58. The number of fused-ring (bicyclic) bond motifs is 1. The van der Waals surface area contributed by atoms with Gasteiger partial charge in [0.25, 0.3) is 0 Å². The van der Waals surface area contributed by atoms with Crippen LogP contribution in [-0.2, 0) is 11.3 Å². The topological polar surface area (TPSA) is 22.0 Å². The zero-order chi connectivity index (χ0) is 10.1. The van der Waals surface area contributed by atoms with Gasteiger partial charge in [-0.3, -0.25) is 4.79 Å². The Kier molecular flexibility index (Phi) is 2.30. The first kappa shape index (κ1) is 9.28. The minimum absolute atomic E-state index is 0.127. The van der Waals surface area contributed by atoms with Crippen molar-refractivity contribution in [2.75, 3.05) is 0 Å². The molecule has 0 atom stereocenters. The van der Waals surface area contributed by atoms with Crippen molar-refractivity contribution in [2.24, 2.45) is 0 Å². The van der Waals surface area contributed by atoms with Crippen LogP contribution in [0.15, 0.2) is 30.5 Å². The second-order valence-electron chi connectivity index (χ2n) is 3.32. The van der Waals surface area contributed by atoms with Crippen LogP contribution in [0.2, 0.25) is 5.02 Å². The molecular formula is C11H10ClNO. The Morgan fingerprint density at radius 2 is 2.21 bits per heavy atom. The van der Waals surface area contributed by atoms with Crippen molar-refractivity contribution in [1.82, 2.24) is 4.57 Å². The highest BCUT2D eigenvalue weighted by Crippen LogP contribution is 2.24. The summed E-state index contributed by atoms with van der Waals surface area (Å²) in [5.41, 5.74) is 0.935. The lowest BCUT2D eigenvalue weighted by molar-refractivity contribution is -0.117.